The van der Waals surface area contributed by atoms with E-state index in [9.17, 15) is 4.39 Å². The molecule has 0 spiro atoms. The number of benzene rings is 4. The molecule has 0 saturated carbocycles. The smallest absolute Gasteiger partial charge is 0.161 e. The molecule has 3 nitrogen and oxygen atoms in total. The Morgan fingerprint density at radius 3 is 2.27 bits per heavy atom. The minimum Gasteiger partial charge on any atom is -0.386 e. The molecule has 0 saturated heterocycles. The second kappa shape index (κ2) is 8.07. The summed E-state index contributed by atoms with van der Waals surface area (Å²) in [7, 11) is 1.16. The molecule has 0 aliphatic carbocycles. The average molecular weight is 454 g/mol. The lowest BCUT2D eigenvalue weighted by Gasteiger charge is -2.47. The highest BCUT2D eigenvalue weighted by atomic mass is 31.1. The fourth-order valence-corrected chi connectivity index (χ4v) is 7.42. The Bertz CT molecular complexity index is 1330. The van der Waals surface area contributed by atoms with Gasteiger partial charge in [0, 0.05) is 35.7 Å². The molecule has 0 N–H and O–H groups in total. The van der Waals surface area contributed by atoms with E-state index in [4.69, 9.17) is 4.84 Å². The van der Waals surface area contributed by atoms with Crippen LogP contribution in [0.25, 0.3) is 22.3 Å². The van der Waals surface area contributed by atoms with Crippen LogP contribution >= 0.6 is 8.07 Å². The SMILES string of the molecule is CC1c2cc(-c3ccccc3)cc(-c3ccccc3)c2ON2N(C)Cc3cc(F)ccc3P12. The molecule has 4 aromatic rings. The number of halogens is 1. The second-order valence-corrected chi connectivity index (χ2v) is 10.9. The third kappa shape index (κ3) is 3.46. The van der Waals surface area contributed by atoms with Crippen molar-refractivity contribution >= 4 is 13.4 Å². The zero-order valence-electron chi connectivity index (χ0n) is 18.6. The van der Waals surface area contributed by atoms with E-state index in [-0.39, 0.29) is 11.5 Å². The number of rotatable bonds is 2. The van der Waals surface area contributed by atoms with Gasteiger partial charge in [0.2, 0.25) is 0 Å². The van der Waals surface area contributed by atoms with Crippen molar-refractivity contribution in [3.8, 4) is 28.0 Å². The lowest BCUT2D eigenvalue weighted by Crippen LogP contribution is -2.47. The first-order chi connectivity index (χ1) is 16.1. The zero-order chi connectivity index (χ0) is 22.5. The van der Waals surface area contributed by atoms with Crippen molar-refractivity contribution in [3.05, 3.63) is 108 Å². The highest BCUT2D eigenvalue weighted by Gasteiger charge is 2.43. The van der Waals surface area contributed by atoms with Crippen LogP contribution in [0.3, 0.4) is 0 Å². The highest BCUT2D eigenvalue weighted by Crippen LogP contribution is 2.62. The van der Waals surface area contributed by atoms with Crippen molar-refractivity contribution in [2.75, 3.05) is 7.05 Å². The van der Waals surface area contributed by atoms with Gasteiger partial charge >= 0.3 is 0 Å². The van der Waals surface area contributed by atoms with Crippen molar-refractivity contribution in [2.24, 2.45) is 0 Å². The van der Waals surface area contributed by atoms with Crippen molar-refractivity contribution in [2.45, 2.75) is 19.1 Å². The van der Waals surface area contributed by atoms with Gasteiger partial charge in [-0.25, -0.2) is 9.40 Å². The van der Waals surface area contributed by atoms with Crippen LogP contribution in [0, 0.1) is 5.82 Å². The molecule has 0 fully saturated rings. The van der Waals surface area contributed by atoms with Gasteiger partial charge in [0.25, 0.3) is 0 Å². The van der Waals surface area contributed by atoms with E-state index in [2.05, 4.69) is 72.6 Å². The van der Waals surface area contributed by atoms with Crippen LogP contribution in [0.15, 0.2) is 91.0 Å². The molecule has 0 bridgehead atoms. The van der Waals surface area contributed by atoms with Gasteiger partial charge in [0.15, 0.2) is 5.75 Å². The first-order valence-corrected chi connectivity index (χ1v) is 12.5. The third-order valence-electron chi connectivity index (χ3n) is 6.46. The van der Waals surface area contributed by atoms with Crippen LogP contribution in [0.2, 0.25) is 0 Å². The quantitative estimate of drug-likeness (QED) is 0.306. The lowest BCUT2D eigenvalue weighted by molar-refractivity contribution is -0.135. The Morgan fingerprint density at radius 1 is 0.848 bits per heavy atom. The maximum absolute atomic E-state index is 14.0. The normalized spacial score (nSPS) is 19.8. The number of nitrogens with zero attached hydrogens (tertiary/aromatic N) is 2. The summed E-state index contributed by atoms with van der Waals surface area (Å²) in [6.45, 7) is 2.90. The third-order valence-corrected chi connectivity index (χ3v) is 9.16. The lowest BCUT2D eigenvalue weighted by atomic mass is 9.94. The van der Waals surface area contributed by atoms with Crippen molar-refractivity contribution in [1.82, 2.24) is 9.95 Å². The summed E-state index contributed by atoms with van der Waals surface area (Å²) in [5.41, 5.74) is 7.03. The highest BCUT2D eigenvalue weighted by molar-refractivity contribution is 7.63. The monoisotopic (exact) mass is 454 g/mol. The first-order valence-electron chi connectivity index (χ1n) is 11.2. The molecule has 0 aromatic heterocycles. The summed E-state index contributed by atoms with van der Waals surface area (Å²) < 4.78 is 14.0. The Hall–Kier alpha value is -3.04. The molecule has 2 aliphatic rings. The first kappa shape index (κ1) is 20.6. The Morgan fingerprint density at radius 2 is 1.55 bits per heavy atom. The predicted octanol–water partition coefficient (Wildman–Crippen LogP) is 6.91. The van der Waals surface area contributed by atoms with E-state index in [0.717, 1.165) is 22.4 Å². The summed E-state index contributed by atoms with van der Waals surface area (Å²) in [5, 5.41) is 3.27. The molecule has 5 heteroatoms. The van der Waals surface area contributed by atoms with Gasteiger partial charge in [-0.1, -0.05) is 67.6 Å². The molecule has 2 atom stereocenters. The topological polar surface area (TPSA) is 15.7 Å². The fourth-order valence-electron chi connectivity index (χ4n) is 4.84. The molecule has 2 aliphatic heterocycles. The van der Waals surface area contributed by atoms with E-state index in [0.29, 0.717) is 6.54 Å². The molecule has 33 heavy (non-hydrogen) atoms. The minimum absolute atomic E-state index is 0.186. The van der Waals surface area contributed by atoms with Crippen LogP contribution in [0.5, 0.6) is 5.75 Å². The standard InChI is InChI=1S/C28H24FN2OP/c1-19-25-16-22(20-9-5-3-6-10-20)17-26(21-11-7-4-8-12-21)28(25)32-31-30(2)18-23-15-24(29)13-14-27(23)33(19)31/h3-17,19H,18H2,1-2H3. The molecule has 164 valence electrons. The maximum Gasteiger partial charge on any atom is 0.161 e. The maximum atomic E-state index is 14.0. The summed E-state index contributed by atoms with van der Waals surface area (Å²) in [6, 6.07) is 30.6. The molecule has 6 rings (SSSR count). The Kier molecular flexibility index (Phi) is 5.03. The number of fused-ring (bicyclic) bond motifs is 4. The van der Waals surface area contributed by atoms with Gasteiger partial charge in [-0.15, -0.1) is 0 Å². The molecule has 4 aromatic carbocycles. The van der Waals surface area contributed by atoms with Crippen LogP contribution in [0.1, 0.15) is 23.7 Å². The van der Waals surface area contributed by atoms with Gasteiger partial charge in [-0.2, -0.15) is 0 Å². The zero-order valence-corrected chi connectivity index (χ0v) is 19.5. The average Bonchev–Trinajstić information content (AvgIpc) is 2.85. The number of hydrazine groups is 1. The van der Waals surface area contributed by atoms with E-state index in [1.165, 1.54) is 22.0 Å². The van der Waals surface area contributed by atoms with E-state index in [1.54, 1.807) is 12.1 Å². The molecular weight excluding hydrogens is 430 g/mol. The van der Waals surface area contributed by atoms with E-state index < -0.39 is 8.07 Å². The van der Waals surface area contributed by atoms with Crippen molar-refractivity contribution in [1.29, 1.82) is 0 Å². The van der Waals surface area contributed by atoms with E-state index in [1.807, 2.05) is 30.2 Å². The van der Waals surface area contributed by atoms with Crippen LogP contribution in [-0.2, 0) is 6.54 Å². The second-order valence-electron chi connectivity index (χ2n) is 8.63. The predicted molar refractivity (Wildman–Crippen MR) is 133 cm³/mol. The van der Waals surface area contributed by atoms with Gasteiger partial charge in [0.05, 0.1) is 8.07 Å². The van der Waals surface area contributed by atoms with Crippen molar-refractivity contribution in [3.63, 3.8) is 0 Å². The van der Waals surface area contributed by atoms with Gasteiger partial charge in [-0.05, 0) is 57.5 Å². The summed E-state index contributed by atoms with van der Waals surface area (Å²) >= 11 is 0. The minimum atomic E-state index is -0.854. The molecule has 2 heterocycles. The molecular formula is C28H24FN2OP. The van der Waals surface area contributed by atoms with Crippen LogP contribution in [-0.4, -0.2) is 17.0 Å². The number of hydrogen-bond acceptors (Lipinski definition) is 3. The van der Waals surface area contributed by atoms with Gasteiger partial charge < -0.3 is 4.84 Å². The molecule has 2 unspecified atom stereocenters. The summed E-state index contributed by atoms with van der Waals surface area (Å²) in [6.07, 6.45) is 0. The van der Waals surface area contributed by atoms with Crippen LogP contribution in [0.4, 0.5) is 4.39 Å². The summed E-state index contributed by atoms with van der Waals surface area (Å²) in [4.78, 5) is 8.72. The van der Waals surface area contributed by atoms with E-state index >= 15 is 0 Å². The molecule has 0 amide bonds. The van der Waals surface area contributed by atoms with Gasteiger partial charge in [-0.3, -0.25) is 0 Å². The van der Waals surface area contributed by atoms with Gasteiger partial charge in [0.1, 0.15) is 5.82 Å². The Balaban J connectivity index is 1.57. The Labute approximate surface area is 194 Å². The largest absolute Gasteiger partial charge is 0.386 e. The summed E-state index contributed by atoms with van der Waals surface area (Å²) in [5.74, 6) is 0.721. The van der Waals surface area contributed by atoms with Crippen molar-refractivity contribution < 1.29 is 9.23 Å². The number of hydrogen-bond donors (Lipinski definition) is 0. The van der Waals surface area contributed by atoms with Crippen LogP contribution < -0.4 is 10.1 Å². The fraction of sp³-hybridized carbons (Fsp3) is 0.143. The molecule has 0 radical (unpaired) electrons.